The van der Waals surface area contributed by atoms with Gasteiger partial charge in [-0.15, -0.1) is 0 Å². The summed E-state index contributed by atoms with van der Waals surface area (Å²) in [6.45, 7) is 4.72. The zero-order valence-electron chi connectivity index (χ0n) is 16.8. The first-order valence-electron chi connectivity index (χ1n) is 8.98. The largest absolute Gasteiger partial charge is 0.480 e. The number of carbonyl (C=O) groups excluding carboxylic acids is 1. The number of ether oxygens (including phenoxy) is 1. The van der Waals surface area contributed by atoms with Crippen LogP contribution in [0.15, 0.2) is 24.3 Å². The summed E-state index contributed by atoms with van der Waals surface area (Å²) in [5.74, 6) is 0.605. The van der Waals surface area contributed by atoms with E-state index in [0.29, 0.717) is 28.2 Å². The highest BCUT2D eigenvalue weighted by molar-refractivity contribution is 6.01. The molecule has 0 fully saturated rings. The molecule has 0 aliphatic rings. The van der Waals surface area contributed by atoms with Crippen molar-refractivity contribution in [2.75, 3.05) is 18.2 Å². The fourth-order valence-electron chi connectivity index (χ4n) is 3.04. The average molecular weight is 419 g/mol. The summed E-state index contributed by atoms with van der Waals surface area (Å²) in [5, 5.41) is 3.53. The molecule has 0 unspecified atom stereocenters. The fourth-order valence-corrected chi connectivity index (χ4v) is 3.04. The Labute approximate surface area is 170 Å². The summed E-state index contributed by atoms with van der Waals surface area (Å²) in [6.07, 6.45) is -4.51. The Morgan fingerprint density at radius 2 is 1.87 bits per heavy atom. The van der Waals surface area contributed by atoms with Crippen molar-refractivity contribution in [3.8, 4) is 5.88 Å². The van der Waals surface area contributed by atoms with Crippen LogP contribution in [0.2, 0.25) is 0 Å². The molecular weight excluding hydrogens is 399 g/mol. The van der Waals surface area contributed by atoms with Crippen LogP contribution >= 0.6 is 0 Å². The third-order valence-electron chi connectivity index (χ3n) is 4.49. The van der Waals surface area contributed by atoms with Gasteiger partial charge < -0.3 is 15.8 Å². The first kappa shape index (κ1) is 21.3. The molecule has 30 heavy (non-hydrogen) atoms. The van der Waals surface area contributed by atoms with Crippen LogP contribution in [0.5, 0.6) is 5.88 Å². The van der Waals surface area contributed by atoms with E-state index in [1.165, 1.54) is 20.1 Å². The van der Waals surface area contributed by atoms with Gasteiger partial charge in [-0.05, 0) is 50.6 Å². The number of nitrogens with two attached hydrogens (primary N) is 1. The first-order chi connectivity index (χ1) is 14.0. The Balaban J connectivity index is 2.08. The molecule has 3 aromatic rings. The van der Waals surface area contributed by atoms with Crippen LogP contribution in [-0.2, 0) is 6.18 Å². The molecule has 0 aliphatic carbocycles. The fraction of sp³-hybridized carbons (Fsp3) is 0.300. The van der Waals surface area contributed by atoms with E-state index in [1.54, 1.807) is 19.9 Å². The molecule has 0 saturated carbocycles. The number of hydrogen-bond acceptors (Lipinski definition) is 7. The molecule has 0 amide bonds. The topological polar surface area (TPSA) is 103 Å². The van der Waals surface area contributed by atoms with Crippen molar-refractivity contribution < 1.29 is 22.7 Å². The molecule has 0 bridgehead atoms. The van der Waals surface area contributed by atoms with E-state index in [9.17, 15) is 18.0 Å². The quantitative estimate of drug-likeness (QED) is 0.469. The van der Waals surface area contributed by atoms with Gasteiger partial charge in [0, 0.05) is 5.69 Å². The van der Waals surface area contributed by atoms with Gasteiger partial charge in [0.2, 0.25) is 5.88 Å². The van der Waals surface area contributed by atoms with Crippen molar-refractivity contribution in [1.29, 1.82) is 0 Å². The molecule has 0 radical (unpaired) electrons. The number of alkyl halides is 3. The van der Waals surface area contributed by atoms with E-state index in [2.05, 4.69) is 20.3 Å². The molecule has 158 valence electrons. The highest BCUT2D eigenvalue weighted by atomic mass is 19.4. The lowest BCUT2D eigenvalue weighted by molar-refractivity contribution is -0.137. The predicted octanol–water partition coefficient (Wildman–Crippen LogP) is 4.32. The normalized spacial score (nSPS) is 12.6. The van der Waals surface area contributed by atoms with Crippen LogP contribution < -0.4 is 15.8 Å². The number of methoxy groups -OCH3 is 1. The maximum Gasteiger partial charge on any atom is 0.416 e. The second-order valence-electron chi connectivity index (χ2n) is 6.84. The van der Waals surface area contributed by atoms with E-state index < -0.39 is 17.8 Å². The molecule has 7 nitrogen and oxygen atoms in total. The van der Waals surface area contributed by atoms with E-state index >= 15 is 0 Å². The van der Waals surface area contributed by atoms with Gasteiger partial charge in [-0.25, -0.2) is 9.97 Å². The zero-order chi connectivity index (χ0) is 22.2. The van der Waals surface area contributed by atoms with Gasteiger partial charge in [0.15, 0.2) is 11.4 Å². The summed E-state index contributed by atoms with van der Waals surface area (Å²) in [4.78, 5) is 24.8. The number of Topliss-reactive ketones (excluding diaryl/α,β-unsaturated/α-hetero) is 1. The number of fused-ring (bicyclic) bond motifs is 1. The van der Waals surface area contributed by atoms with Crippen LogP contribution in [0.1, 0.15) is 47.2 Å². The number of aromatic nitrogens is 3. The highest BCUT2D eigenvalue weighted by Gasteiger charge is 2.31. The van der Waals surface area contributed by atoms with Crippen molar-refractivity contribution in [1.82, 2.24) is 15.0 Å². The second-order valence-corrected chi connectivity index (χ2v) is 6.84. The number of ketones is 1. The first-order valence-corrected chi connectivity index (χ1v) is 8.98. The average Bonchev–Trinajstić information content (AvgIpc) is 2.65. The summed E-state index contributed by atoms with van der Waals surface area (Å²) in [5.41, 5.74) is 5.72. The maximum absolute atomic E-state index is 13.1. The lowest BCUT2D eigenvalue weighted by Gasteiger charge is -2.19. The van der Waals surface area contributed by atoms with Crippen molar-refractivity contribution >= 4 is 28.3 Å². The summed E-state index contributed by atoms with van der Waals surface area (Å²) < 4.78 is 44.6. The monoisotopic (exact) mass is 419 g/mol. The molecule has 10 heteroatoms. The van der Waals surface area contributed by atoms with Crippen molar-refractivity contribution in [2.45, 2.75) is 33.0 Å². The highest BCUT2D eigenvalue weighted by Crippen LogP contribution is 2.34. The molecule has 0 saturated heterocycles. The molecular formula is C20H20F3N5O2. The molecule has 3 N–H and O–H groups in total. The summed E-state index contributed by atoms with van der Waals surface area (Å²) in [6, 6.07) is 4.36. The Morgan fingerprint density at radius 1 is 1.17 bits per heavy atom. The Hall–Kier alpha value is -3.43. The van der Waals surface area contributed by atoms with Crippen LogP contribution in [-0.4, -0.2) is 27.8 Å². The van der Waals surface area contributed by atoms with E-state index in [-0.39, 0.29) is 22.9 Å². The predicted molar refractivity (Wildman–Crippen MR) is 107 cm³/mol. The molecule has 3 rings (SSSR count). The van der Waals surface area contributed by atoms with Crippen molar-refractivity contribution in [3.63, 3.8) is 0 Å². The van der Waals surface area contributed by atoms with Gasteiger partial charge in [-0.3, -0.25) is 4.79 Å². The lowest BCUT2D eigenvalue weighted by Crippen LogP contribution is -2.13. The van der Waals surface area contributed by atoms with E-state index in [4.69, 9.17) is 10.5 Å². The van der Waals surface area contributed by atoms with Gasteiger partial charge in [-0.2, -0.15) is 18.2 Å². The number of rotatable bonds is 5. The number of benzene rings is 1. The van der Waals surface area contributed by atoms with Crippen LogP contribution in [0, 0.1) is 6.92 Å². The molecule has 1 atom stereocenters. The maximum atomic E-state index is 13.1. The van der Waals surface area contributed by atoms with Gasteiger partial charge in [0.05, 0.1) is 29.7 Å². The third kappa shape index (κ3) is 4.27. The number of nitrogens with one attached hydrogen (secondary N) is 1. The third-order valence-corrected chi connectivity index (χ3v) is 4.49. The van der Waals surface area contributed by atoms with Crippen LogP contribution in [0.3, 0.4) is 0 Å². The molecule has 2 aromatic heterocycles. The second kappa shape index (κ2) is 7.77. The number of pyridine rings is 1. The Bertz CT molecular complexity index is 1130. The Morgan fingerprint density at radius 3 is 2.47 bits per heavy atom. The number of nitrogen functional groups attached to an aromatic ring is 1. The standard InChI is InChI=1S/C20H20F3N5O2/c1-9(12-5-13(20(21,22)23)7-14(24)6-12)25-17-16-8-15(10(2)29)19(30-4)28-18(16)27-11(3)26-17/h5-9H,24H2,1-4H3,(H,25,26,27,28)/t9-/m1/s1. The summed E-state index contributed by atoms with van der Waals surface area (Å²) >= 11 is 0. The number of anilines is 2. The van der Waals surface area contributed by atoms with Crippen LogP contribution in [0.25, 0.3) is 11.0 Å². The van der Waals surface area contributed by atoms with Gasteiger partial charge in [0.1, 0.15) is 11.6 Å². The van der Waals surface area contributed by atoms with E-state index in [1.807, 2.05) is 0 Å². The molecule has 0 aliphatic heterocycles. The minimum Gasteiger partial charge on any atom is -0.480 e. The van der Waals surface area contributed by atoms with Gasteiger partial charge in [-0.1, -0.05) is 0 Å². The number of carbonyl (C=O) groups is 1. The summed E-state index contributed by atoms with van der Waals surface area (Å²) in [7, 11) is 1.40. The van der Waals surface area contributed by atoms with Gasteiger partial charge >= 0.3 is 6.18 Å². The lowest BCUT2D eigenvalue weighted by atomic mass is 10.0. The number of hydrogen-bond donors (Lipinski definition) is 2. The number of aryl methyl sites for hydroxylation is 1. The molecule has 1 aromatic carbocycles. The van der Waals surface area contributed by atoms with Crippen molar-refractivity contribution in [3.05, 3.63) is 46.8 Å². The van der Waals surface area contributed by atoms with Gasteiger partial charge in [0.25, 0.3) is 0 Å². The Kier molecular flexibility index (Phi) is 5.51. The van der Waals surface area contributed by atoms with E-state index in [0.717, 1.165) is 12.1 Å². The van der Waals surface area contributed by atoms with Crippen molar-refractivity contribution in [2.24, 2.45) is 0 Å². The SMILES string of the molecule is COc1nc2nc(C)nc(N[C@H](C)c3cc(N)cc(C(F)(F)F)c3)c2cc1C(C)=O. The molecule has 2 heterocycles. The zero-order valence-corrected chi connectivity index (χ0v) is 16.8. The number of halogens is 3. The smallest absolute Gasteiger partial charge is 0.416 e. The molecule has 0 spiro atoms. The van der Waals surface area contributed by atoms with Crippen LogP contribution in [0.4, 0.5) is 24.7 Å². The minimum atomic E-state index is -4.51. The number of nitrogens with zero attached hydrogens (tertiary/aromatic N) is 3. The minimum absolute atomic E-state index is 0.00229.